The molecule has 1 N–H and O–H groups in total. The average molecular weight is 340 g/mol. The van der Waals surface area contributed by atoms with Crippen molar-refractivity contribution in [2.24, 2.45) is 0 Å². The van der Waals surface area contributed by atoms with Crippen LogP contribution in [-0.2, 0) is 0 Å². The predicted octanol–water partition coefficient (Wildman–Crippen LogP) is 3.67. The van der Waals surface area contributed by atoms with Crippen molar-refractivity contribution in [3.05, 3.63) is 42.1 Å². The van der Waals surface area contributed by atoms with E-state index >= 15 is 0 Å². The number of pyridine rings is 1. The number of thioether (sulfide) groups is 1. The third-order valence-electron chi connectivity index (χ3n) is 2.86. The van der Waals surface area contributed by atoms with E-state index in [0.717, 1.165) is 0 Å². The van der Waals surface area contributed by atoms with Gasteiger partial charge in [0.15, 0.2) is 11.5 Å². The predicted molar refractivity (Wildman–Crippen MR) is 83.6 cm³/mol. The van der Waals surface area contributed by atoms with Gasteiger partial charge in [0.2, 0.25) is 0 Å². The van der Waals surface area contributed by atoms with E-state index in [-0.39, 0.29) is 22.4 Å². The fraction of sp³-hybridized carbons (Fsp3) is 0.200. The molecule has 0 radical (unpaired) electrons. The monoisotopic (exact) mass is 340 g/mol. The van der Waals surface area contributed by atoms with Crippen molar-refractivity contribution >= 4 is 23.4 Å². The summed E-state index contributed by atoms with van der Waals surface area (Å²) in [5.41, 5.74) is 0.525. The molecule has 0 bridgehead atoms. The number of hydrogen-bond donors (Lipinski definition) is 1. The molecule has 0 aliphatic carbocycles. The smallest absolute Gasteiger partial charge is 0.290 e. The number of anilines is 1. The van der Waals surface area contributed by atoms with E-state index in [9.17, 15) is 13.6 Å². The van der Waals surface area contributed by atoms with Crippen LogP contribution in [0.4, 0.5) is 14.5 Å². The number of halogens is 2. The highest BCUT2D eigenvalue weighted by molar-refractivity contribution is 7.99. The van der Waals surface area contributed by atoms with Gasteiger partial charge < -0.3 is 14.8 Å². The van der Waals surface area contributed by atoms with E-state index in [1.807, 2.05) is 0 Å². The highest BCUT2D eigenvalue weighted by Crippen LogP contribution is 2.31. The molecule has 1 aromatic carbocycles. The third-order valence-corrected chi connectivity index (χ3v) is 3.58. The fourth-order valence-corrected chi connectivity index (χ4v) is 2.43. The molecule has 2 aromatic rings. The molecule has 2 rings (SSSR count). The first-order valence-electron chi connectivity index (χ1n) is 6.48. The number of ether oxygens (including phenoxy) is 2. The van der Waals surface area contributed by atoms with Gasteiger partial charge >= 0.3 is 0 Å². The molecule has 0 unspecified atom stereocenters. The molecule has 0 saturated heterocycles. The largest absolute Gasteiger partial charge is 0.493 e. The maximum Gasteiger partial charge on any atom is 0.290 e. The van der Waals surface area contributed by atoms with Crippen LogP contribution in [0, 0.1) is 0 Å². The molecule has 1 amide bonds. The Labute approximate surface area is 136 Å². The van der Waals surface area contributed by atoms with Crippen LogP contribution < -0.4 is 14.8 Å². The number of nitrogens with one attached hydrogen (secondary N) is 1. The highest BCUT2D eigenvalue weighted by atomic mass is 32.2. The maximum atomic E-state index is 12.5. The average Bonchev–Trinajstić information content (AvgIpc) is 2.54. The first-order chi connectivity index (χ1) is 11.0. The first kappa shape index (κ1) is 17.0. The topological polar surface area (TPSA) is 60.5 Å². The molecule has 23 heavy (non-hydrogen) atoms. The van der Waals surface area contributed by atoms with Crippen LogP contribution in [0.1, 0.15) is 10.4 Å². The third kappa shape index (κ3) is 4.32. The maximum absolute atomic E-state index is 12.5. The Kier molecular flexibility index (Phi) is 5.75. The SMILES string of the molecule is COc1ccc(NC(=O)c2cccnc2SC(F)F)cc1OC. The molecule has 0 saturated carbocycles. The van der Waals surface area contributed by atoms with E-state index in [2.05, 4.69) is 10.3 Å². The number of methoxy groups -OCH3 is 2. The van der Waals surface area contributed by atoms with Crippen LogP contribution in [-0.4, -0.2) is 30.9 Å². The number of aromatic nitrogens is 1. The van der Waals surface area contributed by atoms with Crippen molar-refractivity contribution in [2.45, 2.75) is 10.8 Å². The number of amides is 1. The minimum atomic E-state index is -2.66. The van der Waals surface area contributed by atoms with Crippen LogP contribution in [0.25, 0.3) is 0 Å². The molecule has 0 atom stereocenters. The minimum absolute atomic E-state index is 0.0273. The number of rotatable bonds is 6. The van der Waals surface area contributed by atoms with E-state index < -0.39 is 11.7 Å². The summed E-state index contributed by atoms with van der Waals surface area (Å²) in [5.74, 6) is -2.23. The standard InChI is InChI=1S/C15H14F2N2O3S/c1-21-11-6-5-9(8-12(11)22-2)19-13(20)10-4-3-7-18-14(10)23-15(16)17/h3-8,15H,1-2H3,(H,19,20). The van der Waals surface area contributed by atoms with Gasteiger partial charge in [0.25, 0.3) is 11.7 Å². The lowest BCUT2D eigenvalue weighted by Gasteiger charge is -2.11. The second kappa shape index (κ2) is 7.77. The zero-order chi connectivity index (χ0) is 16.8. The van der Waals surface area contributed by atoms with Gasteiger partial charge in [0.05, 0.1) is 19.8 Å². The minimum Gasteiger partial charge on any atom is -0.493 e. The van der Waals surface area contributed by atoms with Crippen molar-refractivity contribution in [1.29, 1.82) is 0 Å². The highest BCUT2D eigenvalue weighted by Gasteiger charge is 2.17. The van der Waals surface area contributed by atoms with Crippen LogP contribution in [0.2, 0.25) is 0 Å². The number of carbonyl (C=O) groups is 1. The van der Waals surface area contributed by atoms with E-state index in [0.29, 0.717) is 17.2 Å². The molecule has 8 heteroatoms. The fourth-order valence-electron chi connectivity index (χ4n) is 1.85. The molecule has 1 heterocycles. The van der Waals surface area contributed by atoms with Crippen molar-refractivity contribution in [1.82, 2.24) is 4.98 Å². The van der Waals surface area contributed by atoms with Crippen molar-refractivity contribution < 1.29 is 23.0 Å². The molecule has 1 aromatic heterocycles. The normalized spacial score (nSPS) is 10.5. The summed E-state index contributed by atoms with van der Waals surface area (Å²) < 4.78 is 35.3. The molecule has 0 spiro atoms. The van der Waals surface area contributed by atoms with Crippen molar-refractivity contribution in [3.63, 3.8) is 0 Å². The van der Waals surface area contributed by atoms with Gasteiger partial charge in [-0.1, -0.05) is 0 Å². The summed E-state index contributed by atoms with van der Waals surface area (Å²) in [4.78, 5) is 16.1. The van der Waals surface area contributed by atoms with Gasteiger partial charge in [-0.2, -0.15) is 8.78 Å². The zero-order valence-electron chi connectivity index (χ0n) is 12.4. The number of nitrogens with zero attached hydrogens (tertiary/aromatic N) is 1. The number of hydrogen-bond acceptors (Lipinski definition) is 5. The molecule has 5 nitrogen and oxygen atoms in total. The summed E-state index contributed by atoms with van der Waals surface area (Å²) in [7, 11) is 2.97. The summed E-state index contributed by atoms with van der Waals surface area (Å²) in [6, 6.07) is 7.78. The second-order valence-corrected chi connectivity index (χ2v) is 5.24. The Morgan fingerprint density at radius 1 is 1.22 bits per heavy atom. The van der Waals surface area contributed by atoms with Crippen LogP contribution in [0.15, 0.2) is 41.6 Å². The first-order valence-corrected chi connectivity index (χ1v) is 7.36. The summed E-state index contributed by atoms with van der Waals surface area (Å²) >= 11 is 0.228. The van der Waals surface area contributed by atoms with Gasteiger partial charge in [0, 0.05) is 18.0 Å². The Balaban J connectivity index is 2.23. The van der Waals surface area contributed by atoms with Gasteiger partial charge in [-0.15, -0.1) is 0 Å². The lowest BCUT2D eigenvalue weighted by Crippen LogP contribution is -2.14. The van der Waals surface area contributed by atoms with Crippen LogP contribution >= 0.6 is 11.8 Å². The van der Waals surface area contributed by atoms with E-state index in [1.54, 1.807) is 18.2 Å². The second-order valence-electron chi connectivity index (χ2n) is 4.26. The van der Waals surface area contributed by atoms with E-state index in [4.69, 9.17) is 9.47 Å². The van der Waals surface area contributed by atoms with Crippen molar-refractivity contribution in [3.8, 4) is 11.5 Å². The Morgan fingerprint density at radius 2 is 1.96 bits per heavy atom. The quantitative estimate of drug-likeness (QED) is 0.813. The number of carbonyl (C=O) groups excluding carboxylic acids is 1. The molecule has 0 aliphatic rings. The molecule has 122 valence electrons. The Morgan fingerprint density at radius 3 is 2.61 bits per heavy atom. The van der Waals surface area contributed by atoms with Gasteiger partial charge in [-0.25, -0.2) is 4.98 Å². The summed E-state index contributed by atoms with van der Waals surface area (Å²) in [6.45, 7) is 0. The van der Waals surface area contributed by atoms with Gasteiger partial charge in [-0.05, 0) is 36.0 Å². The molecule has 0 fully saturated rings. The zero-order valence-corrected chi connectivity index (χ0v) is 13.2. The lowest BCUT2D eigenvalue weighted by molar-refractivity contribution is 0.102. The van der Waals surface area contributed by atoms with E-state index in [1.165, 1.54) is 32.5 Å². The van der Waals surface area contributed by atoms with Crippen LogP contribution in [0.5, 0.6) is 11.5 Å². The number of benzene rings is 1. The lowest BCUT2D eigenvalue weighted by atomic mass is 10.2. The molecular weight excluding hydrogens is 326 g/mol. The summed E-state index contributed by atoms with van der Waals surface area (Å²) in [6.07, 6.45) is 1.36. The summed E-state index contributed by atoms with van der Waals surface area (Å²) in [5, 5.41) is 2.60. The van der Waals surface area contributed by atoms with Gasteiger partial charge in [0.1, 0.15) is 5.03 Å². The van der Waals surface area contributed by atoms with Crippen molar-refractivity contribution in [2.75, 3.05) is 19.5 Å². The van der Waals surface area contributed by atoms with Gasteiger partial charge in [-0.3, -0.25) is 4.79 Å². The molecular formula is C15H14F2N2O3S. The Bertz CT molecular complexity index is 698. The Hall–Kier alpha value is -2.35. The van der Waals surface area contributed by atoms with Crippen LogP contribution in [0.3, 0.4) is 0 Å². The number of alkyl halides is 2. The molecule has 0 aliphatic heterocycles.